The number of hydrogen-bond donors (Lipinski definition) is 0. The highest BCUT2D eigenvalue weighted by molar-refractivity contribution is 9.12. The van der Waals surface area contributed by atoms with Crippen LogP contribution in [0.4, 0.5) is 13.2 Å². The number of rotatable bonds is 14. The lowest BCUT2D eigenvalue weighted by molar-refractivity contribution is -0.141. The van der Waals surface area contributed by atoms with Crippen LogP contribution in [-0.2, 0) is 25.6 Å². The highest BCUT2D eigenvalue weighted by Gasteiger charge is 2.44. The zero-order chi connectivity index (χ0) is 42.5. The van der Waals surface area contributed by atoms with Gasteiger partial charge in [-0.25, -0.2) is 0 Å². The molecule has 0 radical (unpaired) electrons. The average molecular weight is 1020 g/mol. The van der Waals surface area contributed by atoms with Crippen molar-refractivity contribution in [2.45, 2.75) is 126 Å². The second-order valence-corrected chi connectivity index (χ2v) is 17.1. The number of allylic oxidation sites excluding steroid dienone is 8. The number of aryl methyl sites for hydroxylation is 1. The van der Waals surface area contributed by atoms with Crippen molar-refractivity contribution in [2.24, 2.45) is 5.92 Å². The molecule has 0 N–H and O–H groups in total. The van der Waals surface area contributed by atoms with Crippen LogP contribution in [0.3, 0.4) is 0 Å². The van der Waals surface area contributed by atoms with E-state index in [1.165, 1.54) is 11.1 Å². The third-order valence-electron chi connectivity index (χ3n) is 7.94. The molecule has 11 heteroatoms. The fourth-order valence-corrected chi connectivity index (χ4v) is 5.51. The minimum absolute atomic E-state index is 0.179. The number of alkyl halides is 3. The lowest BCUT2D eigenvalue weighted by Gasteiger charge is -2.05. The summed E-state index contributed by atoms with van der Waals surface area (Å²) in [5.74, 6) is 0.782. The van der Waals surface area contributed by atoms with Gasteiger partial charge in [-0.3, -0.25) is 19.2 Å². The smallest absolute Gasteiger partial charge is 0.294 e. The lowest BCUT2D eigenvalue weighted by atomic mass is 10.1. The number of hydrogen-bond acceptors (Lipinski definition) is 4. The van der Waals surface area contributed by atoms with E-state index in [1.807, 2.05) is 90.1 Å². The highest BCUT2D eigenvalue weighted by Crippen LogP contribution is 2.49. The monoisotopic (exact) mass is 1020 g/mol. The normalized spacial score (nSPS) is 13.8. The van der Waals surface area contributed by atoms with Crippen LogP contribution in [0.5, 0.6) is 0 Å². The van der Waals surface area contributed by atoms with E-state index in [1.54, 1.807) is 13.8 Å². The molecule has 1 saturated carbocycles. The molecule has 0 spiro atoms. The van der Waals surface area contributed by atoms with Crippen molar-refractivity contribution in [1.29, 1.82) is 0 Å². The Morgan fingerprint density at radius 3 is 1.40 bits per heavy atom. The predicted octanol–water partition coefficient (Wildman–Crippen LogP) is 14.9. The predicted molar refractivity (Wildman–Crippen MR) is 236 cm³/mol. The van der Waals surface area contributed by atoms with Gasteiger partial charge in [0, 0.05) is 25.2 Å². The van der Waals surface area contributed by atoms with Gasteiger partial charge in [0.25, 0.3) is 0 Å². The van der Waals surface area contributed by atoms with E-state index in [4.69, 9.17) is 0 Å². The largest absolute Gasteiger partial charge is 0.389 e. The van der Waals surface area contributed by atoms with E-state index in [9.17, 15) is 32.3 Å². The Morgan fingerprint density at radius 1 is 0.600 bits per heavy atom. The molecule has 55 heavy (non-hydrogen) atoms. The van der Waals surface area contributed by atoms with Crippen LogP contribution in [0.15, 0.2) is 101 Å². The van der Waals surface area contributed by atoms with Gasteiger partial charge < -0.3 is 0 Å². The first-order chi connectivity index (χ1) is 25.5. The maximum Gasteiger partial charge on any atom is 0.389 e. The molecule has 2 unspecified atom stereocenters. The van der Waals surface area contributed by atoms with Gasteiger partial charge in [0.1, 0.15) is 0 Å². The zero-order valence-electron chi connectivity index (χ0n) is 33.4. The first-order valence-corrected chi connectivity index (χ1v) is 21.3. The second-order valence-electron chi connectivity index (χ2n) is 14.0. The Balaban J connectivity index is 0.000000715. The van der Waals surface area contributed by atoms with E-state index in [0.29, 0.717) is 24.3 Å². The molecule has 0 heterocycles. The van der Waals surface area contributed by atoms with Crippen molar-refractivity contribution in [1.82, 2.24) is 0 Å². The summed E-state index contributed by atoms with van der Waals surface area (Å²) in [5, 5.41) is 0. The maximum atomic E-state index is 12.0. The van der Waals surface area contributed by atoms with Crippen molar-refractivity contribution in [2.75, 3.05) is 0 Å². The third kappa shape index (κ3) is 23.0. The van der Waals surface area contributed by atoms with E-state index in [-0.39, 0.29) is 27.8 Å². The number of ketones is 4. The molecule has 4 nitrogen and oxygen atoms in total. The van der Waals surface area contributed by atoms with Gasteiger partial charge >= 0.3 is 6.18 Å². The van der Waals surface area contributed by atoms with Crippen molar-refractivity contribution < 1.29 is 32.3 Å². The van der Waals surface area contributed by atoms with Crippen LogP contribution < -0.4 is 0 Å². The molecule has 2 aromatic rings. The van der Waals surface area contributed by atoms with Crippen LogP contribution >= 0.6 is 63.7 Å². The van der Waals surface area contributed by atoms with Crippen LogP contribution in [0, 0.1) is 5.92 Å². The number of unbranched alkanes of at least 4 members (excludes halogenated alkanes) is 1. The van der Waals surface area contributed by atoms with Gasteiger partial charge in [-0.15, -0.1) is 0 Å². The lowest BCUT2D eigenvalue weighted by Crippen LogP contribution is -2.11. The minimum Gasteiger partial charge on any atom is -0.294 e. The molecule has 0 aliphatic heterocycles. The Morgan fingerprint density at radius 2 is 1.00 bits per heavy atom. The van der Waals surface area contributed by atoms with E-state index in [2.05, 4.69) is 82.8 Å². The molecule has 2 aromatic carbocycles. The number of halogens is 7. The van der Waals surface area contributed by atoms with E-state index >= 15 is 0 Å². The van der Waals surface area contributed by atoms with Crippen LogP contribution in [0.2, 0.25) is 0 Å². The molecule has 1 fully saturated rings. The Kier molecular flexibility index (Phi) is 26.3. The van der Waals surface area contributed by atoms with Gasteiger partial charge in [0.05, 0.1) is 24.4 Å². The van der Waals surface area contributed by atoms with Gasteiger partial charge in [-0.05, 0) is 155 Å². The van der Waals surface area contributed by atoms with Crippen LogP contribution in [-0.4, -0.2) is 29.3 Å². The summed E-state index contributed by atoms with van der Waals surface area (Å²) < 4.78 is 37.6. The van der Waals surface area contributed by atoms with Crippen molar-refractivity contribution in [3.63, 3.8) is 0 Å². The van der Waals surface area contributed by atoms with Gasteiger partial charge in [0.2, 0.25) is 0 Å². The molecular formula is C44H55Br4F3O4. The van der Waals surface area contributed by atoms with Gasteiger partial charge in [0.15, 0.2) is 23.1 Å². The van der Waals surface area contributed by atoms with Gasteiger partial charge in [-0.1, -0.05) is 96.3 Å². The fraction of sp³-hybridized carbons (Fsp3) is 0.455. The summed E-state index contributed by atoms with van der Waals surface area (Å²) in [6.45, 7) is 17.1. The van der Waals surface area contributed by atoms with Gasteiger partial charge in [-0.2, -0.15) is 13.2 Å². The molecule has 0 bridgehead atoms. The zero-order valence-corrected chi connectivity index (χ0v) is 39.7. The Labute approximate surface area is 360 Å². The molecule has 0 aromatic heterocycles. The number of carbonyl (C=O) groups excluding carboxylic acids is 4. The second kappa shape index (κ2) is 27.4. The van der Waals surface area contributed by atoms with Crippen molar-refractivity contribution >= 4 is 86.9 Å². The van der Waals surface area contributed by atoms with E-state index in [0.717, 1.165) is 55.8 Å². The van der Waals surface area contributed by atoms with E-state index < -0.39 is 24.8 Å². The highest BCUT2D eigenvalue weighted by atomic mass is 79.9. The average Bonchev–Trinajstić information content (AvgIpc) is 3.95. The number of benzene rings is 2. The Bertz CT molecular complexity index is 1680. The standard InChI is InChI=1S/C14H15BrO.C13H15BrO.C9H15BrO.C8H10BrF3O/c1-9(2)13(15)14(16)12-8-11(12)10-6-4-3-5-7-10;1-10(2)13(14)12(15)9-8-11-6-4-3-5-7-11;1-4-5-6-8(11)9(10)7(2)3;1-5(2)7(9)6(13)3-4-8(10,11)12/h3-7,11-12H,8H2,1-2H3;3-7H,8-9H2,1-2H3;4-6H2,1-3H3;3-4H2,1-2H3. The molecular weight excluding hydrogens is 969 g/mol. The number of carbonyl (C=O) groups is 4. The first kappa shape index (κ1) is 52.8. The molecule has 0 saturated heterocycles. The summed E-state index contributed by atoms with van der Waals surface area (Å²) in [7, 11) is 0. The summed E-state index contributed by atoms with van der Waals surface area (Å²) in [6.07, 6.45) is -0.713. The summed E-state index contributed by atoms with van der Waals surface area (Å²) in [4.78, 5) is 45.9. The molecule has 3 rings (SSSR count). The topological polar surface area (TPSA) is 68.3 Å². The molecule has 2 atom stereocenters. The van der Waals surface area contributed by atoms with Crippen LogP contribution in [0.25, 0.3) is 0 Å². The fourth-order valence-electron chi connectivity index (χ4n) is 4.62. The van der Waals surface area contributed by atoms with Crippen LogP contribution in [0.1, 0.15) is 124 Å². The first-order valence-electron chi connectivity index (χ1n) is 18.2. The van der Waals surface area contributed by atoms with Crippen molar-refractivity contribution in [3.8, 4) is 0 Å². The van der Waals surface area contributed by atoms with Crippen molar-refractivity contribution in [3.05, 3.63) is 112 Å². The quantitative estimate of drug-likeness (QED) is 0.177. The molecule has 1 aliphatic carbocycles. The minimum atomic E-state index is -4.26. The summed E-state index contributed by atoms with van der Waals surface area (Å²) in [6, 6.07) is 20.4. The molecule has 0 amide bonds. The third-order valence-corrected chi connectivity index (χ3v) is 12.8. The summed E-state index contributed by atoms with van der Waals surface area (Å²) in [5.41, 5.74) is 6.34. The molecule has 304 valence electrons. The Hall–Kier alpha value is -2.21. The number of Topliss-reactive ketones (excluding diaryl/α,β-unsaturated/α-hetero) is 4. The molecule has 1 aliphatic rings. The SMILES string of the molecule is CC(C)=C(Br)C(=O)C1CC1c1ccccc1.CC(C)=C(Br)C(=O)CCC(F)(F)F.CC(C)=C(Br)C(=O)CCc1ccccc1.CCCCC(=O)C(Br)=C(C)C. The summed E-state index contributed by atoms with van der Waals surface area (Å²) >= 11 is 12.9. The maximum absolute atomic E-state index is 12.0.